The number of nitrogens with zero attached hydrogens (tertiary/aromatic N) is 1. The van der Waals surface area contributed by atoms with Gasteiger partial charge in [-0.3, -0.25) is 0 Å². The Kier molecular flexibility index (Phi) is 11.2. The molecule has 49 heavy (non-hydrogen) atoms. The summed E-state index contributed by atoms with van der Waals surface area (Å²) in [5.74, 6) is 0. The fraction of sp³-hybridized carbons (Fsp3) is 0.143. The van der Waals surface area contributed by atoms with E-state index in [2.05, 4.69) is 239 Å². The number of para-hydroxylation sites is 1. The average molecular weight is 1010 g/mol. The Bertz CT molecular complexity index is 2000. The molecule has 248 valence electrons. The number of rotatable bonds is 1. The van der Waals surface area contributed by atoms with Gasteiger partial charge in [-0.2, -0.15) is 0 Å². The van der Waals surface area contributed by atoms with E-state index in [9.17, 15) is 0 Å². The maximum absolute atomic E-state index is 3.64. The number of nitrogens with one attached hydrogen (secondary N) is 1. The van der Waals surface area contributed by atoms with Crippen molar-refractivity contribution in [1.29, 1.82) is 0 Å². The normalized spacial score (nSPS) is 14.3. The van der Waals surface area contributed by atoms with Crippen LogP contribution in [-0.4, -0.2) is 0 Å². The molecule has 0 atom stereocenters. The Morgan fingerprint density at radius 3 is 1.24 bits per heavy atom. The Morgan fingerprint density at radius 1 is 0.469 bits per heavy atom. The van der Waals surface area contributed by atoms with Crippen LogP contribution in [0.1, 0.15) is 49.9 Å². The van der Waals surface area contributed by atoms with Crippen molar-refractivity contribution in [3.63, 3.8) is 0 Å². The molecule has 2 nitrogen and oxygen atoms in total. The zero-order valence-corrected chi connectivity index (χ0v) is 36.0. The Labute approximate surface area is 337 Å². The van der Waals surface area contributed by atoms with Gasteiger partial charge in [0.15, 0.2) is 0 Å². The predicted molar refractivity (Wildman–Crippen MR) is 232 cm³/mol. The first-order chi connectivity index (χ1) is 23.4. The van der Waals surface area contributed by atoms with E-state index in [0.29, 0.717) is 0 Å². The molecule has 0 bridgehead atoms. The minimum atomic E-state index is -0.0660. The first-order valence-electron chi connectivity index (χ1n) is 15.9. The third-order valence-electron chi connectivity index (χ3n) is 9.07. The number of hydrogen-bond donors (Lipinski definition) is 1. The van der Waals surface area contributed by atoms with Gasteiger partial charge >= 0.3 is 0 Å². The highest BCUT2D eigenvalue weighted by molar-refractivity contribution is 14.1. The summed E-state index contributed by atoms with van der Waals surface area (Å²) in [7, 11) is 0. The van der Waals surface area contributed by atoms with Gasteiger partial charge in [-0.1, -0.05) is 128 Å². The van der Waals surface area contributed by atoms with E-state index in [1.165, 1.54) is 54.3 Å². The minimum Gasteiger partial charge on any atom is -0.355 e. The topological polar surface area (TPSA) is 15.3 Å². The molecule has 2 heterocycles. The minimum absolute atomic E-state index is 0.00345. The summed E-state index contributed by atoms with van der Waals surface area (Å²) in [4.78, 5) is 2.36. The van der Waals surface area contributed by atoms with Gasteiger partial charge in [0, 0.05) is 49.4 Å². The zero-order valence-electron chi connectivity index (χ0n) is 27.5. The molecule has 0 saturated heterocycles. The molecular weight excluding hydrogens is 979 g/mol. The lowest BCUT2D eigenvalue weighted by molar-refractivity contribution is 0.631. The van der Waals surface area contributed by atoms with Crippen LogP contribution in [0.4, 0.5) is 28.4 Å². The molecule has 1 N–H and O–H groups in total. The van der Waals surface area contributed by atoms with Gasteiger partial charge in [0.1, 0.15) is 0 Å². The molecule has 8 rings (SSSR count). The summed E-state index contributed by atoms with van der Waals surface area (Å²) in [6, 6.07) is 46.7. The smallest absolute Gasteiger partial charge is 0.0503 e. The number of halogens is 5. The van der Waals surface area contributed by atoms with Gasteiger partial charge in [0.05, 0.1) is 11.4 Å². The standard InChI is InChI=1S/C21H17Br2N.C15H13Br2N.C6H5I/c1-21(2)17-12-14(22)8-10-19(17)24(16-6-4-3-5-7-16)20-11-9-15(23)13-18(20)21;1-15(2)11-7-9(16)3-5-13(11)18-14-6-4-10(17)8-12(14)15;7-6-4-2-1-3-5-6/h3-13H,1-2H3;3-8,18H,1-2H3;1-5H. The first kappa shape index (κ1) is 36.4. The molecule has 7 heteroatoms. The Hall–Kier alpha value is -2.43. The largest absolute Gasteiger partial charge is 0.355 e. The van der Waals surface area contributed by atoms with Crippen molar-refractivity contribution in [3.8, 4) is 0 Å². The summed E-state index contributed by atoms with van der Waals surface area (Å²) < 4.78 is 5.76. The fourth-order valence-corrected chi connectivity index (χ4v) is 8.39. The molecule has 0 aliphatic carbocycles. The molecular formula is C42H35Br4IN2. The molecule has 0 radical (unpaired) electrons. The van der Waals surface area contributed by atoms with Crippen LogP contribution in [0, 0.1) is 3.57 Å². The predicted octanol–water partition coefficient (Wildman–Crippen LogP) is 15.2. The van der Waals surface area contributed by atoms with Gasteiger partial charge in [-0.05, 0) is 142 Å². The fourth-order valence-electron chi connectivity index (χ4n) is 6.53. The molecule has 6 aromatic carbocycles. The maximum atomic E-state index is 3.64. The summed E-state index contributed by atoms with van der Waals surface area (Å²) in [6.07, 6.45) is 0. The number of benzene rings is 6. The lowest BCUT2D eigenvalue weighted by atomic mass is 9.73. The van der Waals surface area contributed by atoms with Crippen molar-refractivity contribution in [3.05, 3.63) is 177 Å². The van der Waals surface area contributed by atoms with E-state index in [0.717, 1.165) is 17.9 Å². The molecule has 0 unspecified atom stereocenters. The number of hydrogen-bond acceptors (Lipinski definition) is 2. The highest BCUT2D eigenvalue weighted by Gasteiger charge is 2.37. The third kappa shape index (κ3) is 7.76. The molecule has 0 amide bonds. The first-order valence-corrected chi connectivity index (χ1v) is 20.1. The molecule has 0 fully saturated rings. The van der Waals surface area contributed by atoms with Crippen LogP contribution < -0.4 is 10.2 Å². The average Bonchev–Trinajstić information content (AvgIpc) is 3.08. The summed E-state index contributed by atoms with van der Waals surface area (Å²) in [6.45, 7) is 9.13. The summed E-state index contributed by atoms with van der Waals surface area (Å²) >= 11 is 16.7. The van der Waals surface area contributed by atoms with E-state index in [4.69, 9.17) is 0 Å². The van der Waals surface area contributed by atoms with E-state index in [1.54, 1.807) is 0 Å². The third-order valence-corrected chi connectivity index (χ3v) is 11.8. The van der Waals surface area contributed by atoms with Crippen LogP contribution in [0.2, 0.25) is 0 Å². The van der Waals surface area contributed by atoms with Crippen LogP contribution in [-0.2, 0) is 10.8 Å². The van der Waals surface area contributed by atoms with E-state index < -0.39 is 0 Å². The van der Waals surface area contributed by atoms with Crippen LogP contribution in [0.15, 0.2) is 151 Å². The van der Waals surface area contributed by atoms with Gasteiger partial charge in [0.2, 0.25) is 0 Å². The summed E-state index contributed by atoms with van der Waals surface area (Å²) in [5.41, 5.74) is 11.3. The van der Waals surface area contributed by atoms with Crippen molar-refractivity contribution in [1.82, 2.24) is 0 Å². The van der Waals surface area contributed by atoms with Gasteiger partial charge in [0.25, 0.3) is 0 Å². The van der Waals surface area contributed by atoms with Crippen LogP contribution in [0.25, 0.3) is 0 Å². The van der Waals surface area contributed by atoms with Crippen LogP contribution >= 0.6 is 86.3 Å². The second-order valence-electron chi connectivity index (χ2n) is 13.0. The van der Waals surface area contributed by atoms with Crippen molar-refractivity contribution in [2.45, 2.75) is 38.5 Å². The van der Waals surface area contributed by atoms with E-state index in [1.807, 2.05) is 18.2 Å². The molecule has 6 aromatic rings. The highest BCUT2D eigenvalue weighted by Crippen LogP contribution is 2.53. The lowest BCUT2D eigenvalue weighted by Gasteiger charge is -2.42. The van der Waals surface area contributed by atoms with E-state index in [-0.39, 0.29) is 10.8 Å². The lowest BCUT2D eigenvalue weighted by Crippen LogP contribution is -2.30. The van der Waals surface area contributed by atoms with Crippen molar-refractivity contribution >= 4 is 115 Å². The maximum Gasteiger partial charge on any atom is 0.0503 e. The van der Waals surface area contributed by atoms with Gasteiger partial charge in [-0.15, -0.1) is 0 Å². The van der Waals surface area contributed by atoms with Crippen molar-refractivity contribution < 1.29 is 0 Å². The summed E-state index contributed by atoms with van der Waals surface area (Å²) in [5, 5.41) is 3.51. The van der Waals surface area contributed by atoms with E-state index >= 15 is 0 Å². The molecule has 2 aliphatic heterocycles. The molecule has 0 aromatic heterocycles. The van der Waals surface area contributed by atoms with Gasteiger partial charge in [-0.25, -0.2) is 0 Å². The van der Waals surface area contributed by atoms with Crippen LogP contribution in [0.5, 0.6) is 0 Å². The highest BCUT2D eigenvalue weighted by atomic mass is 127. The van der Waals surface area contributed by atoms with Crippen molar-refractivity contribution in [2.24, 2.45) is 0 Å². The Balaban J connectivity index is 0.000000146. The quantitative estimate of drug-likeness (QED) is 0.165. The SMILES string of the molecule is CC1(C)c2cc(Br)ccc2N(c2ccccc2)c2ccc(Br)cc21.CC1(C)c2cc(Br)ccc2Nc2ccc(Br)cc21.Ic1ccccc1. The molecule has 0 spiro atoms. The molecule has 0 saturated carbocycles. The van der Waals surface area contributed by atoms with Crippen LogP contribution in [0.3, 0.4) is 0 Å². The second kappa shape index (κ2) is 15.0. The number of fused-ring (bicyclic) bond motifs is 4. The van der Waals surface area contributed by atoms with Crippen molar-refractivity contribution in [2.75, 3.05) is 10.2 Å². The second-order valence-corrected chi connectivity index (χ2v) is 18.0. The number of anilines is 5. The van der Waals surface area contributed by atoms with Gasteiger partial charge < -0.3 is 10.2 Å². The monoisotopic (exact) mass is 1010 g/mol. The zero-order chi connectivity index (χ0) is 34.9. The Morgan fingerprint density at radius 2 is 0.837 bits per heavy atom. The molecule has 2 aliphatic rings.